The monoisotopic (exact) mass is 1380 g/mol. The van der Waals surface area contributed by atoms with Crippen molar-refractivity contribution in [3.63, 3.8) is 0 Å². The Morgan fingerprint density at radius 2 is 1.61 bits per heavy atom. The van der Waals surface area contributed by atoms with Crippen molar-refractivity contribution >= 4 is 94.8 Å². The van der Waals surface area contributed by atoms with Gasteiger partial charge in [-0.1, -0.05) is 64.0 Å². The molecular weight excluding hydrogens is 1300 g/mol. The Bertz CT molecular complexity index is 4050. The lowest BCUT2D eigenvalue weighted by molar-refractivity contribution is -0.437. The first-order chi connectivity index (χ1) is 42.8. The summed E-state index contributed by atoms with van der Waals surface area (Å²) < 4.78 is 133. The molecule has 4 aliphatic rings. The number of hydrogen-bond donors (Lipinski definition) is 9. The van der Waals surface area contributed by atoms with Crippen LogP contribution in [0, 0.1) is 5.41 Å². The van der Waals surface area contributed by atoms with Gasteiger partial charge in [0.2, 0.25) is 11.6 Å². The Hall–Kier alpha value is -5.66. The number of phosphoric ester groups is 1. The van der Waals surface area contributed by atoms with E-state index in [-0.39, 0.29) is 52.3 Å². The summed E-state index contributed by atoms with van der Waals surface area (Å²) in [5, 5.41) is 27.6. The van der Waals surface area contributed by atoms with Gasteiger partial charge in [0, 0.05) is 84.2 Å². The van der Waals surface area contributed by atoms with Gasteiger partial charge >= 0.3 is 23.5 Å². The summed E-state index contributed by atoms with van der Waals surface area (Å²) in [4.78, 5) is 65.0. The standard InChI is InChI=1S/C58H79N8O21P3S2/c1-9-66-44-32-45-41(31-40(44)37(2)33-57(66,6)7)38(29-48(84-45)56(3,4)5)19-13-12-14-20-47-58(8,42-30-39(92(80,81)82)22-23-43(42)64(47)27-18-28-91(77,78)79)24-17-21-49(67)59-25-15-10-11-16-26-60-53-50-54(62-35-61-53)65(36-63-50)55-52(69)51(68)46(85-55)34-83-89(73,74)87-90(75,76)86-88(70,71)72/h12-14,19-20,22-23,29-33,35-36,46,51-52,55,68-69H,9-11,15-18,21,24-28,34H2,1-8H3,(H7-,59,60,61,62,67,70,71,72,73,74,75,76,77,78,79,80,81,82)/t46-,51-,52-,55-,58?/m1/s1. The number of carbonyl (C=O) groups excluding carboxylic acids is 1. The number of benzene rings is 2. The van der Waals surface area contributed by atoms with E-state index in [0.717, 1.165) is 58.9 Å². The van der Waals surface area contributed by atoms with Crippen molar-refractivity contribution in [2.24, 2.45) is 5.41 Å². The molecule has 0 saturated carbocycles. The van der Waals surface area contributed by atoms with E-state index in [1.54, 1.807) is 6.07 Å². The molecule has 1 fully saturated rings. The minimum absolute atomic E-state index is 0.0399. The molecule has 0 spiro atoms. The predicted molar refractivity (Wildman–Crippen MR) is 339 cm³/mol. The van der Waals surface area contributed by atoms with Gasteiger partial charge in [-0.05, 0) is 95.7 Å². The number of phosphoric acid groups is 3. The summed E-state index contributed by atoms with van der Waals surface area (Å²) in [6.07, 6.45) is 13.4. The van der Waals surface area contributed by atoms with Crippen LogP contribution in [0.15, 0.2) is 96.2 Å². The number of allylic oxidation sites excluding steroid dienone is 9. The van der Waals surface area contributed by atoms with Crippen LogP contribution < -0.4 is 20.3 Å². The highest BCUT2D eigenvalue weighted by Gasteiger charge is 2.49. The van der Waals surface area contributed by atoms with Crippen molar-refractivity contribution in [3.8, 4) is 5.75 Å². The van der Waals surface area contributed by atoms with Crippen LogP contribution in [-0.2, 0) is 62.0 Å². The zero-order chi connectivity index (χ0) is 67.6. The first-order valence-electron chi connectivity index (χ1n) is 29.6. The van der Waals surface area contributed by atoms with Crippen LogP contribution in [0.5, 0.6) is 5.75 Å². The number of fused-ring (bicyclic) bond motifs is 4. The van der Waals surface area contributed by atoms with E-state index in [4.69, 9.17) is 19.3 Å². The second kappa shape index (κ2) is 28.3. The number of imidazole rings is 1. The van der Waals surface area contributed by atoms with Crippen molar-refractivity contribution in [3.05, 3.63) is 108 Å². The Labute approximate surface area is 533 Å². The van der Waals surface area contributed by atoms with Crippen molar-refractivity contribution in [2.75, 3.05) is 48.8 Å². The zero-order valence-corrected chi connectivity index (χ0v) is 56.3. The number of unbranched alkanes of at least 4 members (excludes halogenated alkanes) is 3. The zero-order valence-electron chi connectivity index (χ0n) is 52.0. The second-order valence-corrected chi connectivity index (χ2v) is 31.8. The molecular formula is C58H79N8O21P3S2. The normalized spacial score (nSPS) is 22.7. The fourth-order valence-corrected chi connectivity index (χ4v) is 15.8. The van der Waals surface area contributed by atoms with E-state index in [0.29, 0.717) is 61.6 Å². The average molecular weight is 1380 g/mol. The number of aliphatic hydroxyl groups is 2. The summed E-state index contributed by atoms with van der Waals surface area (Å²) in [7, 11) is -26.3. The third kappa shape index (κ3) is 17.6. The summed E-state index contributed by atoms with van der Waals surface area (Å²) in [6, 6.07) is 8.51. The highest BCUT2D eigenvalue weighted by Crippen LogP contribution is 2.66. The first-order valence-corrected chi connectivity index (χ1v) is 37.1. The van der Waals surface area contributed by atoms with Crippen molar-refractivity contribution < 1.29 is 101 Å². The first kappa shape index (κ1) is 72.2. The number of anilines is 2. The summed E-state index contributed by atoms with van der Waals surface area (Å²) in [6.45, 7) is 17.5. The molecule has 29 nitrogen and oxygen atoms in total. The summed E-state index contributed by atoms with van der Waals surface area (Å²) in [5.74, 6) is 1.02. The molecule has 1 amide bonds. The molecule has 7 atom stereocenters. The third-order valence-electron chi connectivity index (χ3n) is 16.1. The number of aromatic nitrogens is 4. The minimum atomic E-state index is -5.81. The van der Waals surface area contributed by atoms with Gasteiger partial charge in [-0.2, -0.15) is 21.6 Å². The van der Waals surface area contributed by atoms with E-state index in [1.165, 1.54) is 29.4 Å². The van der Waals surface area contributed by atoms with E-state index in [9.17, 15) is 64.4 Å². The van der Waals surface area contributed by atoms with Crippen molar-refractivity contribution in [2.45, 2.75) is 147 Å². The number of aliphatic hydroxyl groups excluding tert-OH is 2. The molecule has 2 aromatic heterocycles. The Morgan fingerprint density at radius 1 is 0.891 bits per heavy atom. The Morgan fingerprint density at radius 3 is 2.28 bits per heavy atom. The van der Waals surface area contributed by atoms with Crippen LogP contribution in [0.2, 0.25) is 0 Å². The van der Waals surface area contributed by atoms with Crippen LogP contribution in [0.1, 0.15) is 130 Å². The van der Waals surface area contributed by atoms with Crippen LogP contribution in [0.25, 0.3) is 22.3 Å². The topological polar surface area (TPSA) is 421 Å². The highest BCUT2D eigenvalue weighted by atomic mass is 32.2. The maximum atomic E-state index is 13.4. The van der Waals surface area contributed by atoms with E-state index in [2.05, 4.69) is 116 Å². The molecule has 1 saturated heterocycles. The van der Waals surface area contributed by atoms with Crippen LogP contribution in [0.3, 0.4) is 0 Å². The minimum Gasteiger partial charge on any atom is -0.748 e. The van der Waals surface area contributed by atoms with Gasteiger partial charge in [0.25, 0.3) is 10.1 Å². The van der Waals surface area contributed by atoms with Gasteiger partial charge in [0.15, 0.2) is 28.9 Å². The Kier molecular flexibility index (Phi) is 22.2. The molecule has 9 N–H and O–H groups in total. The number of nitrogens with zero attached hydrogens (tertiary/aromatic N) is 6. The molecule has 504 valence electrons. The van der Waals surface area contributed by atoms with Gasteiger partial charge < -0.3 is 59.3 Å². The highest BCUT2D eigenvalue weighted by molar-refractivity contribution is 7.86. The van der Waals surface area contributed by atoms with Gasteiger partial charge in [-0.3, -0.25) is 18.4 Å². The molecule has 34 heteroatoms. The lowest BCUT2D eigenvalue weighted by Crippen LogP contribution is -2.45. The van der Waals surface area contributed by atoms with Gasteiger partial charge in [0.1, 0.15) is 42.7 Å². The van der Waals surface area contributed by atoms with Crippen LogP contribution in [-0.4, -0.2) is 154 Å². The van der Waals surface area contributed by atoms with E-state index >= 15 is 0 Å². The molecule has 0 aliphatic carbocycles. The summed E-state index contributed by atoms with van der Waals surface area (Å²) >= 11 is 0. The lowest BCUT2D eigenvalue weighted by atomic mass is 9.75. The van der Waals surface area contributed by atoms with Gasteiger partial charge in [0.05, 0.1) is 38.9 Å². The van der Waals surface area contributed by atoms with E-state index < -0.39 is 86.0 Å². The number of amides is 1. The van der Waals surface area contributed by atoms with Crippen LogP contribution in [0.4, 0.5) is 17.2 Å². The average Bonchev–Trinajstić information content (AvgIpc) is 1.40. The second-order valence-electron chi connectivity index (χ2n) is 24.5. The molecule has 3 unspecified atom stereocenters. The maximum absolute atomic E-state index is 13.4. The molecule has 2 aromatic carbocycles. The van der Waals surface area contributed by atoms with Crippen LogP contribution >= 0.6 is 23.5 Å². The van der Waals surface area contributed by atoms with E-state index in [1.807, 2.05) is 41.9 Å². The number of hydrogen-bond acceptors (Lipinski definition) is 21. The fourth-order valence-electron chi connectivity index (χ4n) is 11.8. The molecule has 0 bridgehead atoms. The predicted octanol–water partition coefficient (Wildman–Crippen LogP) is 7.83. The molecule has 0 radical (unpaired) electrons. The molecule has 8 rings (SSSR count). The van der Waals surface area contributed by atoms with Crippen molar-refractivity contribution in [1.82, 2.24) is 24.8 Å². The van der Waals surface area contributed by atoms with Gasteiger partial charge in [-0.15, -0.1) is 0 Å². The number of ether oxygens (including phenoxy) is 2. The SMILES string of the molecule is CCN1c2cc3c(cc2C(C)=CC1(C)C)C(=CC=CC=CC1=[N+](CCCS(=O)(=O)[O-])c2ccc(S(=O)(=O)O)cc2C1(C)CCCC(=O)NCCCCCCNc1ncnc2c1ncn2[C@@H]1O[C@H](COP(=O)(O)OP(=O)(O)OP(=O)(O)O)[C@@H](O)[C@H]1O)C=C(C(C)(C)C)O3. The molecule has 6 heterocycles. The molecule has 92 heavy (non-hydrogen) atoms. The largest absolute Gasteiger partial charge is 0.748 e. The number of likely N-dealkylation sites (N-methyl/N-ethyl adjacent to an activating group) is 1. The van der Waals surface area contributed by atoms with Crippen molar-refractivity contribution in [1.29, 1.82) is 0 Å². The molecule has 4 aliphatic heterocycles. The lowest BCUT2D eigenvalue weighted by Gasteiger charge is -2.43. The quantitative estimate of drug-likeness (QED) is 0.00821. The third-order valence-corrected chi connectivity index (χ3v) is 21.5. The maximum Gasteiger partial charge on any atom is 0.490 e. The molecule has 4 aromatic rings. The number of rotatable bonds is 29. The summed E-state index contributed by atoms with van der Waals surface area (Å²) in [5.41, 5.74) is 5.92. The van der Waals surface area contributed by atoms with Gasteiger partial charge in [-0.25, -0.2) is 37.1 Å². The smallest absolute Gasteiger partial charge is 0.490 e. The number of carbonyl (C=O) groups is 1. The Balaban J connectivity index is 0.878. The number of nitrogens with one attached hydrogen (secondary N) is 2. The fraction of sp³-hybridized carbons (Fsp3) is 0.500.